The van der Waals surface area contributed by atoms with E-state index in [0.29, 0.717) is 36.1 Å². The number of nitrogens with one attached hydrogen (secondary N) is 1. The molecule has 0 saturated heterocycles. The van der Waals surface area contributed by atoms with E-state index in [-0.39, 0.29) is 5.91 Å². The summed E-state index contributed by atoms with van der Waals surface area (Å²) < 4.78 is 11.6. The van der Waals surface area contributed by atoms with Crippen molar-refractivity contribution >= 4 is 39.9 Å². The Balaban J connectivity index is 1.76. The van der Waals surface area contributed by atoms with Crippen molar-refractivity contribution < 1.29 is 19.5 Å². The van der Waals surface area contributed by atoms with Crippen LogP contribution in [0.4, 0.5) is 11.5 Å². The van der Waals surface area contributed by atoms with Gasteiger partial charge in [-0.05, 0) is 50.1 Å². The van der Waals surface area contributed by atoms with Gasteiger partial charge in [-0.1, -0.05) is 24.4 Å². The van der Waals surface area contributed by atoms with Gasteiger partial charge in [-0.15, -0.1) is 0 Å². The minimum Gasteiger partial charge on any atom is -0.493 e. The van der Waals surface area contributed by atoms with E-state index >= 15 is 0 Å². The third kappa shape index (κ3) is 6.46. The molecule has 176 valence electrons. The predicted octanol–water partition coefficient (Wildman–Crippen LogP) is 5.28. The molecule has 0 atom stereocenters. The number of amides is 1. The number of halogens is 1. The van der Waals surface area contributed by atoms with Crippen molar-refractivity contribution in [1.82, 2.24) is 15.4 Å². The minimum atomic E-state index is -0.357. The number of carbonyl (C=O) groups is 1. The van der Waals surface area contributed by atoms with Gasteiger partial charge >= 0.3 is 0 Å². The molecule has 1 aromatic heterocycles. The van der Waals surface area contributed by atoms with Crippen LogP contribution in [0.1, 0.15) is 39.0 Å². The number of benzene rings is 2. The number of methoxy groups -OCH3 is 1. The lowest BCUT2D eigenvalue weighted by Gasteiger charge is -2.24. The Labute approximate surface area is 198 Å². The van der Waals surface area contributed by atoms with Crippen molar-refractivity contribution in [3.8, 4) is 11.5 Å². The molecule has 0 radical (unpaired) electrons. The zero-order valence-corrected chi connectivity index (χ0v) is 19.6. The molecular formula is C24H29ClN4O4. The monoisotopic (exact) mass is 472 g/mol. The molecule has 0 unspecified atom stereocenters. The zero-order chi connectivity index (χ0) is 23.6. The fourth-order valence-corrected chi connectivity index (χ4v) is 3.72. The maximum atomic E-state index is 11.0. The van der Waals surface area contributed by atoms with Crippen molar-refractivity contribution in [2.45, 2.75) is 39.0 Å². The first-order chi connectivity index (χ1) is 16.1. The molecule has 0 fully saturated rings. The Hall–Kier alpha value is -3.10. The summed E-state index contributed by atoms with van der Waals surface area (Å²) in [5.74, 6) is 1.67. The van der Waals surface area contributed by atoms with E-state index in [0.717, 1.165) is 48.1 Å². The normalized spacial score (nSPS) is 10.8. The van der Waals surface area contributed by atoms with E-state index in [1.807, 2.05) is 36.4 Å². The summed E-state index contributed by atoms with van der Waals surface area (Å²) in [6.45, 7) is 3.30. The molecule has 8 nitrogen and oxygen atoms in total. The Kier molecular flexibility index (Phi) is 9.09. The molecule has 0 saturated carbocycles. The second kappa shape index (κ2) is 12.2. The van der Waals surface area contributed by atoms with Crippen molar-refractivity contribution in [2.24, 2.45) is 0 Å². The highest BCUT2D eigenvalue weighted by atomic mass is 35.5. The van der Waals surface area contributed by atoms with Gasteiger partial charge in [0.2, 0.25) is 5.91 Å². The summed E-state index contributed by atoms with van der Waals surface area (Å²) >= 11 is 6.06. The van der Waals surface area contributed by atoms with Gasteiger partial charge in [0.1, 0.15) is 12.1 Å². The van der Waals surface area contributed by atoms with Crippen LogP contribution in [0.5, 0.6) is 11.5 Å². The first-order valence-corrected chi connectivity index (χ1v) is 11.4. The SMILES string of the molecule is CCN(c1ccc(Cl)cc1)c1ncnc2cc(OC)c(OCCCCCCC(=O)NO)cc12. The van der Waals surface area contributed by atoms with E-state index in [1.165, 1.54) is 0 Å². The number of aromatic nitrogens is 2. The number of fused-ring (bicyclic) bond motifs is 1. The van der Waals surface area contributed by atoms with Gasteiger partial charge in [-0.2, -0.15) is 0 Å². The summed E-state index contributed by atoms with van der Waals surface area (Å²) in [7, 11) is 1.61. The molecule has 0 bridgehead atoms. The molecule has 1 amide bonds. The first kappa shape index (κ1) is 24.5. The quantitative estimate of drug-likeness (QED) is 0.210. The summed E-state index contributed by atoms with van der Waals surface area (Å²) in [6.07, 6.45) is 5.24. The topological polar surface area (TPSA) is 96.8 Å². The van der Waals surface area contributed by atoms with Gasteiger partial charge < -0.3 is 14.4 Å². The number of carbonyl (C=O) groups excluding carboxylic acids is 1. The van der Waals surface area contributed by atoms with Crippen LogP contribution >= 0.6 is 11.6 Å². The molecule has 0 aliphatic heterocycles. The summed E-state index contributed by atoms with van der Waals surface area (Å²) in [6, 6.07) is 11.4. The van der Waals surface area contributed by atoms with E-state index in [4.69, 9.17) is 26.3 Å². The summed E-state index contributed by atoms with van der Waals surface area (Å²) in [4.78, 5) is 22.1. The van der Waals surface area contributed by atoms with Crippen LogP contribution in [-0.2, 0) is 4.79 Å². The lowest BCUT2D eigenvalue weighted by molar-refractivity contribution is -0.129. The van der Waals surface area contributed by atoms with Crippen LogP contribution in [0.25, 0.3) is 10.9 Å². The third-order valence-electron chi connectivity index (χ3n) is 5.29. The maximum absolute atomic E-state index is 11.0. The molecule has 33 heavy (non-hydrogen) atoms. The Morgan fingerprint density at radius 1 is 1.09 bits per heavy atom. The van der Waals surface area contributed by atoms with Crippen LogP contribution in [0.3, 0.4) is 0 Å². The molecule has 1 heterocycles. The molecule has 3 aromatic rings. The highest BCUT2D eigenvalue weighted by Gasteiger charge is 2.16. The van der Waals surface area contributed by atoms with E-state index in [9.17, 15) is 4.79 Å². The van der Waals surface area contributed by atoms with Crippen molar-refractivity contribution in [1.29, 1.82) is 0 Å². The average Bonchev–Trinajstić information content (AvgIpc) is 2.84. The summed E-state index contributed by atoms with van der Waals surface area (Å²) in [5, 5.41) is 10.1. The molecule has 0 aliphatic rings. The smallest absolute Gasteiger partial charge is 0.243 e. The molecule has 2 aromatic carbocycles. The largest absolute Gasteiger partial charge is 0.493 e. The van der Waals surface area contributed by atoms with Crippen LogP contribution in [-0.4, -0.2) is 41.3 Å². The maximum Gasteiger partial charge on any atom is 0.243 e. The molecule has 3 rings (SSSR count). The van der Waals surface area contributed by atoms with Crippen molar-refractivity contribution in [3.05, 3.63) is 47.7 Å². The fraction of sp³-hybridized carbons (Fsp3) is 0.375. The predicted molar refractivity (Wildman–Crippen MR) is 129 cm³/mol. The lowest BCUT2D eigenvalue weighted by Crippen LogP contribution is -2.18. The van der Waals surface area contributed by atoms with Gasteiger partial charge in [0.15, 0.2) is 11.5 Å². The molecule has 9 heteroatoms. The lowest BCUT2D eigenvalue weighted by atomic mass is 10.1. The minimum absolute atomic E-state index is 0.320. The fourth-order valence-electron chi connectivity index (χ4n) is 3.59. The van der Waals surface area contributed by atoms with Crippen molar-refractivity contribution in [2.75, 3.05) is 25.2 Å². The number of ether oxygens (including phenoxy) is 2. The van der Waals surface area contributed by atoms with Crippen molar-refractivity contribution in [3.63, 3.8) is 0 Å². The average molecular weight is 473 g/mol. The van der Waals surface area contributed by atoms with Gasteiger partial charge in [-0.3, -0.25) is 10.0 Å². The van der Waals surface area contributed by atoms with Gasteiger partial charge in [0.05, 0.1) is 19.2 Å². The standard InChI is InChI=1S/C24H29ClN4O4/c1-3-29(18-11-9-17(25)10-12-18)24-19-14-22(21(32-2)15-20(19)26-16-27-24)33-13-7-5-4-6-8-23(30)28-31/h9-12,14-16,31H,3-8,13H2,1-2H3,(H,28,30). The number of nitrogens with zero attached hydrogens (tertiary/aromatic N) is 3. The number of hydrogen-bond acceptors (Lipinski definition) is 7. The van der Waals surface area contributed by atoms with E-state index in [2.05, 4.69) is 21.8 Å². The Bertz CT molecular complexity index is 1060. The Morgan fingerprint density at radius 3 is 2.55 bits per heavy atom. The number of hydroxylamine groups is 1. The second-order valence-electron chi connectivity index (χ2n) is 7.49. The van der Waals surface area contributed by atoms with Gasteiger partial charge in [0.25, 0.3) is 0 Å². The summed E-state index contributed by atoms with van der Waals surface area (Å²) in [5.41, 5.74) is 3.39. The molecule has 0 spiro atoms. The molecule has 0 aliphatic carbocycles. The number of rotatable bonds is 12. The van der Waals surface area contributed by atoms with Crippen LogP contribution < -0.4 is 19.9 Å². The van der Waals surface area contributed by atoms with E-state index < -0.39 is 0 Å². The molecular weight excluding hydrogens is 444 g/mol. The highest BCUT2D eigenvalue weighted by molar-refractivity contribution is 6.30. The molecule has 2 N–H and O–H groups in total. The van der Waals surface area contributed by atoms with Crippen LogP contribution in [0, 0.1) is 0 Å². The van der Waals surface area contributed by atoms with E-state index in [1.54, 1.807) is 18.9 Å². The number of anilines is 2. The first-order valence-electron chi connectivity index (χ1n) is 11.0. The Morgan fingerprint density at radius 2 is 1.85 bits per heavy atom. The van der Waals surface area contributed by atoms with Crippen LogP contribution in [0.2, 0.25) is 5.02 Å². The van der Waals surface area contributed by atoms with Crippen LogP contribution in [0.15, 0.2) is 42.7 Å². The second-order valence-corrected chi connectivity index (χ2v) is 7.92. The third-order valence-corrected chi connectivity index (χ3v) is 5.54. The number of hydrogen-bond donors (Lipinski definition) is 2. The zero-order valence-electron chi connectivity index (χ0n) is 18.9. The highest BCUT2D eigenvalue weighted by Crippen LogP contribution is 2.37. The van der Waals surface area contributed by atoms with Gasteiger partial charge in [0, 0.05) is 35.1 Å². The number of unbranched alkanes of at least 4 members (excludes halogenated alkanes) is 3. The van der Waals surface area contributed by atoms with Gasteiger partial charge in [-0.25, -0.2) is 15.4 Å².